The van der Waals surface area contributed by atoms with Crippen LogP contribution in [0.3, 0.4) is 0 Å². The molecule has 0 bridgehead atoms. The minimum Gasteiger partial charge on any atom is -0.497 e. The van der Waals surface area contributed by atoms with Crippen LogP contribution in [-0.2, 0) is 16.0 Å². The summed E-state index contributed by atoms with van der Waals surface area (Å²) in [7, 11) is 1.62. The van der Waals surface area contributed by atoms with Crippen LogP contribution >= 0.6 is 0 Å². The number of rotatable bonds is 7. The summed E-state index contributed by atoms with van der Waals surface area (Å²) in [6, 6.07) is 7.73. The van der Waals surface area contributed by atoms with E-state index in [1.807, 2.05) is 38.1 Å². The highest BCUT2D eigenvalue weighted by molar-refractivity contribution is 5.96. The molecule has 0 aromatic heterocycles. The molecule has 2 amide bonds. The second-order valence-electron chi connectivity index (χ2n) is 4.85. The average molecular weight is 278 g/mol. The Morgan fingerprint density at radius 3 is 2.65 bits per heavy atom. The lowest BCUT2D eigenvalue weighted by Gasteiger charge is -2.09. The number of amides is 2. The lowest BCUT2D eigenvalue weighted by atomic mass is 10.1. The van der Waals surface area contributed by atoms with E-state index in [4.69, 9.17) is 4.74 Å². The van der Waals surface area contributed by atoms with E-state index in [-0.39, 0.29) is 24.3 Å². The zero-order chi connectivity index (χ0) is 15.0. The van der Waals surface area contributed by atoms with E-state index >= 15 is 0 Å². The monoisotopic (exact) mass is 278 g/mol. The number of hydrogen-bond acceptors (Lipinski definition) is 3. The quantitative estimate of drug-likeness (QED) is 0.738. The predicted molar refractivity (Wildman–Crippen MR) is 77.6 cm³/mol. The van der Waals surface area contributed by atoms with Crippen molar-refractivity contribution >= 4 is 11.8 Å². The first-order chi connectivity index (χ1) is 9.51. The molecule has 0 unspecified atom stereocenters. The molecule has 0 aliphatic heterocycles. The first kappa shape index (κ1) is 16.0. The van der Waals surface area contributed by atoms with E-state index in [2.05, 4.69) is 10.6 Å². The molecule has 0 saturated carbocycles. The van der Waals surface area contributed by atoms with Crippen LogP contribution in [0.5, 0.6) is 5.75 Å². The van der Waals surface area contributed by atoms with Gasteiger partial charge in [-0.05, 0) is 38.0 Å². The first-order valence-electron chi connectivity index (χ1n) is 6.70. The number of ether oxygens (including phenoxy) is 1. The second kappa shape index (κ2) is 8.19. The SMILES string of the molecule is COc1cccc(CCNC(=O)CC(=O)NC(C)C)c1. The molecule has 0 aliphatic rings. The molecule has 5 nitrogen and oxygen atoms in total. The van der Waals surface area contributed by atoms with Crippen molar-refractivity contribution in [2.24, 2.45) is 0 Å². The van der Waals surface area contributed by atoms with Crippen molar-refractivity contribution in [1.82, 2.24) is 10.6 Å². The van der Waals surface area contributed by atoms with Gasteiger partial charge in [-0.3, -0.25) is 9.59 Å². The molecular weight excluding hydrogens is 256 g/mol. The van der Waals surface area contributed by atoms with Crippen LogP contribution in [0.25, 0.3) is 0 Å². The minimum atomic E-state index is -0.258. The summed E-state index contributed by atoms with van der Waals surface area (Å²) < 4.78 is 5.13. The fourth-order valence-corrected chi connectivity index (χ4v) is 1.76. The van der Waals surface area contributed by atoms with Crippen molar-refractivity contribution in [3.63, 3.8) is 0 Å². The Kier molecular flexibility index (Phi) is 6.56. The van der Waals surface area contributed by atoms with Gasteiger partial charge in [-0.2, -0.15) is 0 Å². The van der Waals surface area contributed by atoms with Gasteiger partial charge in [-0.25, -0.2) is 0 Å². The Bertz CT molecular complexity index is 458. The zero-order valence-electron chi connectivity index (χ0n) is 12.2. The van der Waals surface area contributed by atoms with Gasteiger partial charge < -0.3 is 15.4 Å². The highest BCUT2D eigenvalue weighted by Gasteiger charge is 2.09. The van der Waals surface area contributed by atoms with Crippen LogP contribution in [-0.4, -0.2) is 31.5 Å². The molecule has 5 heteroatoms. The van der Waals surface area contributed by atoms with Gasteiger partial charge in [0, 0.05) is 12.6 Å². The summed E-state index contributed by atoms with van der Waals surface area (Å²) in [5.74, 6) is 0.287. The van der Waals surface area contributed by atoms with Crippen LogP contribution in [0, 0.1) is 0 Å². The summed E-state index contributed by atoms with van der Waals surface area (Å²) >= 11 is 0. The maximum Gasteiger partial charge on any atom is 0.229 e. The number of methoxy groups -OCH3 is 1. The highest BCUT2D eigenvalue weighted by Crippen LogP contribution is 2.12. The lowest BCUT2D eigenvalue weighted by molar-refractivity contribution is -0.129. The topological polar surface area (TPSA) is 67.4 Å². The molecule has 0 saturated heterocycles. The van der Waals surface area contributed by atoms with Gasteiger partial charge in [-0.15, -0.1) is 0 Å². The van der Waals surface area contributed by atoms with Crippen molar-refractivity contribution < 1.29 is 14.3 Å². The molecule has 2 N–H and O–H groups in total. The second-order valence-corrected chi connectivity index (χ2v) is 4.85. The van der Waals surface area contributed by atoms with E-state index in [1.165, 1.54) is 0 Å². The third-order valence-electron chi connectivity index (χ3n) is 2.64. The smallest absolute Gasteiger partial charge is 0.229 e. The maximum atomic E-state index is 11.6. The molecule has 0 spiro atoms. The standard InChI is InChI=1S/C15H22N2O3/c1-11(2)17-15(19)10-14(18)16-8-7-12-5-4-6-13(9-12)20-3/h4-6,9,11H,7-8,10H2,1-3H3,(H,16,18)(H,17,19). The van der Waals surface area contributed by atoms with Crippen LogP contribution in [0.2, 0.25) is 0 Å². The summed E-state index contributed by atoms with van der Waals surface area (Å²) in [6.07, 6.45) is 0.574. The fourth-order valence-electron chi connectivity index (χ4n) is 1.76. The van der Waals surface area contributed by atoms with Crippen molar-refractivity contribution in [1.29, 1.82) is 0 Å². The number of carbonyl (C=O) groups excluding carboxylic acids is 2. The molecular formula is C15H22N2O3. The fraction of sp³-hybridized carbons (Fsp3) is 0.467. The average Bonchev–Trinajstić information content (AvgIpc) is 2.37. The van der Waals surface area contributed by atoms with E-state index in [0.717, 1.165) is 11.3 Å². The van der Waals surface area contributed by atoms with Crippen molar-refractivity contribution in [2.75, 3.05) is 13.7 Å². The third kappa shape index (κ3) is 6.22. The predicted octanol–water partition coefficient (Wildman–Crippen LogP) is 1.27. The van der Waals surface area contributed by atoms with Crippen LogP contribution in [0.15, 0.2) is 24.3 Å². The van der Waals surface area contributed by atoms with E-state index in [1.54, 1.807) is 7.11 Å². The van der Waals surface area contributed by atoms with Crippen LogP contribution < -0.4 is 15.4 Å². The normalized spacial score (nSPS) is 10.2. The molecule has 0 radical (unpaired) electrons. The molecule has 110 valence electrons. The largest absolute Gasteiger partial charge is 0.497 e. The maximum absolute atomic E-state index is 11.6. The van der Waals surface area contributed by atoms with Crippen molar-refractivity contribution in [3.8, 4) is 5.75 Å². The van der Waals surface area contributed by atoms with Gasteiger partial charge in [-0.1, -0.05) is 12.1 Å². The molecule has 0 aliphatic carbocycles. The van der Waals surface area contributed by atoms with E-state index < -0.39 is 0 Å². The molecule has 20 heavy (non-hydrogen) atoms. The molecule has 0 atom stereocenters. The molecule has 1 rings (SSSR count). The third-order valence-corrected chi connectivity index (χ3v) is 2.64. The minimum absolute atomic E-state index is 0.0482. The Morgan fingerprint density at radius 2 is 2.00 bits per heavy atom. The number of carbonyl (C=O) groups is 2. The Morgan fingerprint density at radius 1 is 1.25 bits per heavy atom. The number of benzene rings is 1. The van der Waals surface area contributed by atoms with E-state index in [0.29, 0.717) is 13.0 Å². The number of nitrogens with one attached hydrogen (secondary N) is 2. The summed E-state index contributed by atoms with van der Waals surface area (Å²) in [4.78, 5) is 22.9. The van der Waals surface area contributed by atoms with Gasteiger partial charge in [0.2, 0.25) is 11.8 Å². The Hall–Kier alpha value is -2.04. The van der Waals surface area contributed by atoms with Crippen molar-refractivity contribution in [2.45, 2.75) is 32.7 Å². The van der Waals surface area contributed by atoms with Gasteiger partial charge in [0.1, 0.15) is 12.2 Å². The molecule has 0 heterocycles. The summed E-state index contributed by atoms with van der Waals surface area (Å²) in [5, 5.41) is 5.41. The van der Waals surface area contributed by atoms with Crippen LogP contribution in [0.1, 0.15) is 25.8 Å². The van der Waals surface area contributed by atoms with Crippen LogP contribution in [0.4, 0.5) is 0 Å². The lowest BCUT2D eigenvalue weighted by Crippen LogP contribution is -2.35. The molecule has 1 aromatic rings. The summed E-state index contributed by atoms with van der Waals surface area (Å²) in [5.41, 5.74) is 1.08. The molecule has 1 aromatic carbocycles. The molecule has 0 fully saturated rings. The zero-order valence-corrected chi connectivity index (χ0v) is 12.2. The number of hydrogen-bond donors (Lipinski definition) is 2. The van der Waals surface area contributed by atoms with Gasteiger partial charge >= 0.3 is 0 Å². The summed E-state index contributed by atoms with van der Waals surface area (Å²) in [6.45, 7) is 4.22. The van der Waals surface area contributed by atoms with E-state index in [9.17, 15) is 9.59 Å². The van der Waals surface area contributed by atoms with Gasteiger partial charge in [0.15, 0.2) is 0 Å². The first-order valence-corrected chi connectivity index (χ1v) is 6.70. The van der Waals surface area contributed by atoms with Gasteiger partial charge in [0.25, 0.3) is 0 Å². The highest BCUT2D eigenvalue weighted by atomic mass is 16.5. The van der Waals surface area contributed by atoms with Crippen molar-refractivity contribution in [3.05, 3.63) is 29.8 Å². The Balaban J connectivity index is 2.29. The van der Waals surface area contributed by atoms with Gasteiger partial charge in [0.05, 0.1) is 7.11 Å². The Labute approximate surface area is 119 Å².